The Morgan fingerprint density at radius 3 is 3.08 bits per heavy atom. The quantitative estimate of drug-likeness (QED) is 0.751. The van der Waals surface area contributed by atoms with Gasteiger partial charge in [0.2, 0.25) is 5.95 Å². The predicted molar refractivity (Wildman–Crippen MR) is 90.4 cm³/mol. The number of amides is 2. The second kappa shape index (κ2) is 6.42. The summed E-state index contributed by atoms with van der Waals surface area (Å²) >= 11 is 0. The van der Waals surface area contributed by atoms with Gasteiger partial charge in [0.1, 0.15) is 6.10 Å². The van der Waals surface area contributed by atoms with Crippen molar-refractivity contribution in [2.75, 3.05) is 5.32 Å². The van der Waals surface area contributed by atoms with Crippen LogP contribution >= 0.6 is 0 Å². The van der Waals surface area contributed by atoms with Gasteiger partial charge in [-0.15, -0.1) is 10.2 Å². The molecule has 0 saturated heterocycles. The van der Waals surface area contributed by atoms with E-state index in [-0.39, 0.29) is 18.2 Å². The first-order valence-electron chi connectivity index (χ1n) is 8.21. The van der Waals surface area contributed by atoms with Crippen LogP contribution < -0.4 is 15.4 Å². The van der Waals surface area contributed by atoms with Crippen molar-refractivity contribution >= 4 is 17.6 Å². The van der Waals surface area contributed by atoms with Crippen LogP contribution in [0.3, 0.4) is 0 Å². The van der Waals surface area contributed by atoms with Gasteiger partial charge in [0.05, 0.1) is 18.4 Å². The van der Waals surface area contributed by atoms with Gasteiger partial charge in [-0.3, -0.25) is 14.4 Å². The summed E-state index contributed by atoms with van der Waals surface area (Å²) in [7, 11) is 1.84. The Balaban J connectivity index is 1.39. The van der Waals surface area contributed by atoms with Gasteiger partial charge < -0.3 is 10.1 Å². The lowest BCUT2D eigenvalue weighted by molar-refractivity contribution is 0.175. The predicted octanol–water partition coefficient (Wildman–Crippen LogP) is 1.58. The van der Waals surface area contributed by atoms with Crippen molar-refractivity contribution in [3.63, 3.8) is 0 Å². The van der Waals surface area contributed by atoms with Crippen LogP contribution in [0.4, 0.5) is 10.7 Å². The van der Waals surface area contributed by atoms with Gasteiger partial charge in [-0.05, 0) is 31.4 Å². The van der Waals surface area contributed by atoms with Crippen LogP contribution in [0, 0.1) is 0 Å². The first-order valence-corrected chi connectivity index (χ1v) is 8.21. The number of hydrogen-bond acceptors (Lipinski definition) is 5. The standard InChI is InChI=1S/C16H19N7O2/c1-22-10-11(9-17-22)25-13-6-4-5-12(13)18-16(24)19-15-21-20-14-7-2-3-8-23(14)15/h2-3,7-10,12-13H,4-6H2,1H3,(H2,18,19,21,24)/t12-,13+/m0/s1. The first kappa shape index (κ1) is 15.4. The minimum Gasteiger partial charge on any atom is -0.485 e. The van der Waals surface area contributed by atoms with E-state index in [4.69, 9.17) is 4.74 Å². The molecule has 0 aromatic carbocycles. The van der Waals surface area contributed by atoms with E-state index in [0.717, 1.165) is 19.3 Å². The van der Waals surface area contributed by atoms with Gasteiger partial charge in [-0.25, -0.2) is 4.79 Å². The highest BCUT2D eigenvalue weighted by atomic mass is 16.5. The number of nitrogens with one attached hydrogen (secondary N) is 2. The zero-order valence-electron chi connectivity index (χ0n) is 13.8. The number of aryl methyl sites for hydroxylation is 1. The number of rotatable bonds is 4. The van der Waals surface area contributed by atoms with Crippen LogP contribution in [0.1, 0.15) is 19.3 Å². The van der Waals surface area contributed by atoms with E-state index in [0.29, 0.717) is 17.3 Å². The zero-order chi connectivity index (χ0) is 17.2. The molecule has 1 aliphatic carbocycles. The smallest absolute Gasteiger partial charge is 0.321 e. The van der Waals surface area contributed by atoms with E-state index in [1.807, 2.05) is 31.4 Å². The molecule has 9 heteroatoms. The van der Waals surface area contributed by atoms with Crippen molar-refractivity contribution in [1.29, 1.82) is 0 Å². The number of aromatic nitrogens is 5. The molecular weight excluding hydrogens is 322 g/mol. The minimum atomic E-state index is -0.315. The summed E-state index contributed by atoms with van der Waals surface area (Å²) < 4.78 is 9.37. The normalized spacial score (nSPS) is 19.9. The second-order valence-corrected chi connectivity index (χ2v) is 6.09. The molecule has 1 aliphatic rings. The fourth-order valence-electron chi connectivity index (χ4n) is 3.10. The van der Waals surface area contributed by atoms with Gasteiger partial charge in [0.25, 0.3) is 0 Å². The van der Waals surface area contributed by atoms with Gasteiger partial charge in [0, 0.05) is 13.2 Å². The molecule has 2 amide bonds. The van der Waals surface area contributed by atoms with Crippen molar-refractivity contribution in [2.45, 2.75) is 31.4 Å². The van der Waals surface area contributed by atoms with E-state index >= 15 is 0 Å². The number of nitrogens with zero attached hydrogens (tertiary/aromatic N) is 5. The molecule has 0 radical (unpaired) electrons. The third-order valence-corrected chi connectivity index (χ3v) is 4.28. The molecule has 2 atom stereocenters. The molecule has 0 aliphatic heterocycles. The summed E-state index contributed by atoms with van der Waals surface area (Å²) in [5, 5.41) is 17.8. The second-order valence-electron chi connectivity index (χ2n) is 6.09. The highest BCUT2D eigenvalue weighted by molar-refractivity contribution is 5.88. The maximum Gasteiger partial charge on any atom is 0.321 e. The van der Waals surface area contributed by atoms with E-state index in [9.17, 15) is 4.79 Å². The number of pyridine rings is 1. The summed E-state index contributed by atoms with van der Waals surface area (Å²) in [4.78, 5) is 12.3. The van der Waals surface area contributed by atoms with Crippen LogP contribution in [0.2, 0.25) is 0 Å². The number of urea groups is 1. The Bertz CT molecular complexity index is 887. The topological polar surface area (TPSA) is 98.4 Å². The summed E-state index contributed by atoms with van der Waals surface area (Å²) in [6.45, 7) is 0. The fourth-order valence-corrected chi connectivity index (χ4v) is 3.10. The van der Waals surface area contributed by atoms with Gasteiger partial charge >= 0.3 is 6.03 Å². The van der Waals surface area contributed by atoms with E-state index in [2.05, 4.69) is 25.9 Å². The Morgan fingerprint density at radius 2 is 2.24 bits per heavy atom. The third kappa shape index (κ3) is 3.25. The van der Waals surface area contributed by atoms with Gasteiger partial charge in [0.15, 0.2) is 11.4 Å². The number of fused-ring (bicyclic) bond motifs is 1. The maximum absolute atomic E-state index is 12.3. The molecule has 0 bridgehead atoms. The fraction of sp³-hybridized carbons (Fsp3) is 0.375. The lowest BCUT2D eigenvalue weighted by atomic mass is 10.2. The molecule has 130 valence electrons. The van der Waals surface area contributed by atoms with Crippen LogP contribution in [0.25, 0.3) is 5.65 Å². The summed E-state index contributed by atoms with van der Waals surface area (Å²) in [6, 6.07) is 5.18. The molecule has 4 rings (SSSR count). The summed E-state index contributed by atoms with van der Waals surface area (Å²) in [6.07, 6.45) is 8.01. The average Bonchev–Trinajstić information content (AvgIpc) is 3.31. The lowest BCUT2D eigenvalue weighted by Gasteiger charge is -2.21. The van der Waals surface area contributed by atoms with Crippen LogP contribution in [-0.2, 0) is 7.05 Å². The highest BCUT2D eigenvalue weighted by Gasteiger charge is 2.31. The van der Waals surface area contributed by atoms with Crippen LogP contribution in [0.5, 0.6) is 5.75 Å². The Hall–Kier alpha value is -3.10. The van der Waals surface area contributed by atoms with E-state index in [1.165, 1.54) is 0 Å². The lowest BCUT2D eigenvalue weighted by Crippen LogP contribution is -2.44. The molecule has 3 heterocycles. The molecule has 0 unspecified atom stereocenters. The average molecular weight is 341 g/mol. The number of ether oxygens (including phenoxy) is 1. The minimum absolute atomic E-state index is 0.0561. The number of carbonyl (C=O) groups excluding carboxylic acids is 1. The Morgan fingerprint density at radius 1 is 1.32 bits per heavy atom. The molecule has 9 nitrogen and oxygen atoms in total. The summed E-state index contributed by atoms with van der Waals surface area (Å²) in [5.41, 5.74) is 0.677. The Labute approximate surface area is 144 Å². The monoisotopic (exact) mass is 341 g/mol. The highest BCUT2D eigenvalue weighted by Crippen LogP contribution is 2.24. The van der Waals surface area contributed by atoms with Crippen LogP contribution in [-0.4, -0.2) is 42.6 Å². The number of anilines is 1. The largest absolute Gasteiger partial charge is 0.485 e. The van der Waals surface area contributed by atoms with Crippen molar-refractivity contribution in [3.8, 4) is 5.75 Å². The molecule has 0 spiro atoms. The molecule has 1 saturated carbocycles. The van der Waals surface area contributed by atoms with Crippen molar-refractivity contribution in [1.82, 2.24) is 29.7 Å². The molecule has 2 N–H and O–H groups in total. The van der Waals surface area contributed by atoms with Crippen LogP contribution in [0.15, 0.2) is 36.8 Å². The summed E-state index contributed by atoms with van der Waals surface area (Å²) in [5.74, 6) is 1.10. The number of hydrogen-bond donors (Lipinski definition) is 2. The van der Waals surface area contributed by atoms with Gasteiger partial charge in [-0.1, -0.05) is 6.07 Å². The molecule has 25 heavy (non-hydrogen) atoms. The molecule has 1 fully saturated rings. The molecule has 3 aromatic rings. The van der Waals surface area contributed by atoms with Crippen molar-refractivity contribution in [3.05, 3.63) is 36.8 Å². The maximum atomic E-state index is 12.3. The first-order chi connectivity index (χ1) is 12.2. The van der Waals surface area contributed by atoms with Gasteiger partial charge in [-0.2, -0.15) is 5.10 Å². The van der Waals surface area contributed by atoms with Crippen molar-refractivity contribution < 1.29 is 9.53 Å². The zero-order valence-corrected chi connectivity index (χ0v) is 13.8. The molecular formula is C16H19N7O2. The van der Waals surface area contributed by atoms with E-state index in [1.54, 1.807) is 21.5 Å². The number of carbonyl (C=O) groups is 1. The Kier molecular flexibility index (Phi) is 3.96. The van der Waals surface area contributed by atoms with Crippen molar-refractivity contribution in [2.24, 2.45) is 7.05 Å². The SMILES string of the molecule is Cn1cc(O[C@@H]2CCC[C@@H]2NC(=O)Nc2nnc3ccccn23)cn1. The van der Waals surface area contributed by atoms with E-state index < -0.39 is 0 Å². The molecule has 3 aromatic heterocycles. The third-order valence-electron chi connectivity index (χ3n) is 4.28.